The van der Waals surface area contributed by atoms with E-state index in [2.05, 4.69) is 70.6 Å². The van der Waals surface area contributed by atoms with E-state index in [0.717, 1.165) is 123 Å². The molecule has 0 spiro atoms. The van der Waals surface area contributed by atoms with Gasteiger partial charge >= 0.3 is 0 Å². The summed E-state index contributed by atoms with van der Waals surface area (Å²) in [5.41, 5.74) is 13.4. The van der Waals surface area contributed by atoms with Gasteiger partial charge in [0, 0.05) is 49.3 Å². The Kier molecular flexibility index (Phi) is 29.3. The molecular weight excluding hydrogens is 931 g/mol. The molecule has 0 radical (unpaired) electrons. The number of thiocarbonyl (C=S) groups is 2. The molecule has 8 N–H and O–H groups in total. The maximum atomic E-state index is 11.1. The van der Waals surface area contributed by atoms with Crippen LogP contribution in [0.3, 0.4) is 0 Å². The van der Waals surface area contributed by atoms with Crippen molar-refractivity contribution < 1.29 is 42.5 Å². The summed E-state index contributed by atoms with van der Waals surface area (Å²) in [6, 6.07) is 7.74. The first kappa shape index (κ1) is 61.3. The van der Waals surface area contributed by atoms with E-state index in [1.54, 1.807) is 0 Å². The molecule has 0 heterocycles. The van der Waals surface area contributed by atoms with Crippen LogP contribution >= 0.6 is 24.4 Å². The number of aromatic hydroxyl groups is 2. The van der Waals surface area contributed by atoms with Gasteiger partial charge in [-0.05, 0) is 177 Å². The van der Waals surface area contributed by atoms with Crippen LogP contribution in [0.1, 0.15) is 159 Å². The Balaban J connectivity index is 0.000000433. The molecule has 2 aromatic rings. The molecule has 2 aromatic carbocycles. The van der Waals surface area contributed by atoms with Crippen LogP contribution in [0.25, 0.3) is 0 Å². The summed E-state index contributed by atoms with van der Waals surface area (Å²) in [7, 11) is -3.46. The SMILES string of the molecule is C=C(C)[C@@H]1CCC(C)=C[C@H]1c1c(O)cc(CCCCC)cc1OC(=S)NCCCO.C=C(C)[C@@H]1CCC(C)=C[C@H]1c1c(O)cc(CCCCC)cc1OC(=S)NCCCOS(C)(=O)=O.NCCCO. The summed E-state index contributed by atoms with van der Waals surface area (Å²) in [6.07, 6.45) is 19.7. The van der Waals surface area contributed by atoms with Gasteiger partial charge in [-0.3, -0.25) is 4.18 Å². The zero-order chi connectivity index (χ0) is 51.5. The van der Waals surface area contributed by atoms with Gasteiger partial charge < -0.3 is 46.3 Å². The number of allylic oxidation sites excluding steroid dienone is 6. The minimum Gasteiger partial charge on any atom is -0.507 e. The number of benzene rings is 2. The van der Waals surface area contributed by atoms with Crippen LogP contribution in [-0.4, -0.2) is 84.9 Å². The Labute approximate surface area is 426 Å². The average molecular weight is 1020 g/mol. The van der Waals surface area contributed by atoms with Gasteiger partial charge in [-0.15, -0.1) is 0 Å². The fourth-order valence-corrected chi connectivity index (χ4v) is 9.34. The number of rotatable bonds is 24. The van der Waals surface area contributed by atoms with Gasteiger partial charge in [-0.2, -0.15) is 8.42 Å². The second kappa shape index (κ2) is 32.9. The van der Waals surface area contributed by atoms with Crippen LogP contribution in [0.2, 0.25) is 0 Å². The predicted molar refractivity (Wildman–Crippen MR) is 291 cm³/mol. The second-order valence-corrected chi connectivity index (χ2v) is 20.9. The highest BCUT2D eigenvalue weighted by Crippen LogP contribution is 2.48. The number of hydrogen-bond donors (Lipinski definition) is 7. The van der Waals surface area contributed by atoms with Crippen LogP contribution in [0.15, 0.2) is 71.9 Å². The van der Waals surface area contributed by atoms with Crippen LogP contribution in [0.4, 0.5) is 0 Å². The van der Waals surface area contributed by atoms with Crippen molar-refractivity contribution in [2.24, 2.45) is 17.6 Å². The van der Waals surface area contributed by atoms with Crippen LogP contribution in [-0.2, 0) is 27.1 Å². The lowest BCUT2D eigenvalue weighted by Crippen LogP contribution is -2.29. The molecule has 0 unspecified atom stereocenters. The topological polar surface area (TPSA) is 193 Å². The Bertz CT molecular complexity index is 2120. The molecule has 0 bridgehead atoms. The van der Waals surface area contributed by atoms with Crippen molar-refractivity contribution in [1.29, 1.82) is 0 Å². The quantitative estimate of drug-likeness (QED) is 0.0227. The highest BCUT2D eigenvalue weighted by Gasteiger charge is 2.32. The number of nitrogens with one attached hydrogen (secondary N) is 2. The van der Waals surface area contributed by atoms with Crippen molar-refractivity contribution in [3.05, 3.63) is 94.1 Å². The minimum atomic E-state index is -3.46. The van der Waals surface area contributed by atoms with E-state index in [9.17, 15) is 18.6 Å². The first-order chi connectivity index (χ1) is 32.8. The third-order valence-corrected chi connectivity index (χ3v) is 13.2. The van der Waals surface area contributed by atoms with Crippen molar-refractivity contribution in [3.63, 3.8) is 0 Å². The molecule has 15 heteroatoms. The molecule has 0 amide bonds. The zero-order valence-electron chi connectivity index (χ0n) is 42.7. The lowest BCUT2D eigenvalue weighted by atomic mass is 9.73. The molecule has 69 heavy (non-hydrogen) atoms. The molecule has 0 aliphatic heterocycles. The number of nitrogens with two attached hydrogens (primary N) is 1. The molecule has 0 aromatic heterocycles. The normalized spacial score (nSPS) is 17.7. The molecule has 12 nitrogen and oxygen atoms in total. The summed E-state index contributed by atoms with van der Waals surface area (Å²) >= 11 is 10.8. The Morgan fingerprint density at radius 2 is 1.13 bits per heavy atom. The molecule has 0 saturated carbocycles. The number of ether oxygens (including phenoxy) is 2. The number of phenolic OH excluding ortho intramolecular Hbond substituents is 2. The molecule has 0 fully saturated rings. The predicted octanol–water partition coefficient (Wildman–Crippen LogP) is 10.9. The molecule has 4 rings (SSSR count). The summed E-state index contributed by atoms with van der Waals surface area (Å²) in [5, 5.41) is 45.6. The van der Waals surface area contributed by atoms with E-state index >= 15 is 0 Å². The lowest BCUT2D eigenvalue weighted by Gasteiger charge is -2.32. The maximum Gasteiger partial charge on any atom is 0.264 e. The summed E-state index contributed by atoms with van der Waals surface area (Å²) < 4.78 is 39.1. The highest BCUT2D eigenvalue weighted by molar-refractivity contribution is 7.86. The molecule has 4 atom stereocenters. The van der Waals surface area contributed by atoms with Gasteiger partial charge in [0.1, 0.15) is 23.0 Å². The number of aryl methyl sites for hydroxylation is 2. The van der Waals surface area contributed by atoms with Gasteiger partial charge in [-0.25, -0.2) is 0 Å². The molecule has 2 aliphatic rings. The number of aliphatic hydroxyl groups excluding tert-OH is 2. The monoisotopic (exact) mass is 1020 g/mol. The highest BCUT2D eigenvalue weighted by atomic mass is 32.2. The van der Waals surface area contributed by atoms with Gasteiger partial charge in [0.15, 0.2) is 0 Å². The van der Waals surface area contributed by atoms with Gasteiger partial charge in [0.25, 0.3) is 20.5 Å². The van der Waals surface area contributed by atoms with Crippen molar-refractivity contribution in [2.45, 2.75) is 150 Å². The van der Waals surface area contributed by atoms with Crippen molar-refractivity contribution in [2.75, 3.05) is 45.7 Å². The summed E-state index contributed by atoms with van der Waals surface area (Å²) in [6.45, 7) is 23.0. The third kappa shape index (κ3) is 22.9. The summed E-state index contributed by atoms with van der Waals surface area (Å²) in [4.78, 5) is 0. The first-order valence-corrected chi connectivity index (χ1v) is 27.5. The zero-order valence-corrected chi connectivity index (χ0v) is 45.1. The Morgan fingerprint density at radius 3 is 1.48 bits per heavy atom. The average Bonchev–Trinajstić information content (AvgIpc) is 3.26. The minimum absolute atomic E-state index is 0.0104. The Morgan fingerprint density at radius 1 is 0.710 bits per heavy atom. The van der Waals surface area contributed by atoms with Crippen molar-refractivity contribution >= 4 is 44.9 Å². The van der Waals surface area contributed by atoms with Crippen molar-refractivity contribution in [3.8, 4) is 23.0 Å². The van der Waals surface area contributed by atoms with E-state index in [1.807, 2.05) is 31.2 Å². The first-order valence-electron chi connectivity index (χ1n) is 24.8. The van der Waals surface area contributed by atoms with Crippen LogP contribution in [0, 0.1) is 11.8 Å². The molecular formula is C54H85N3O9S3. The Hall–Kier alpha value is -3.83. The second-order valence-electron chi connectivity index (χ2n) is 18.5. The molecule has 388 valence electrons. The lowest BCUT2D eigenvalue weighted by molar-refractivity contribution is 0.288. The number of unbranched alkanes of at least 4 members (excludes halogenated alkanes) is 4. The van der Waals surface area contributed by atoms with E-state index in [4.69, 9.17) is 54.0 Å². The third-order valence-electron chi connectivity index (χ3n) is 12.2. The number of aliphatic hydroxyl groups is 2. The number of hydrogen-bond acceptors (Lipinski definition) is 12. The van der Waals surface area contributed by atoms with Crippen LogP contribution in [0.5, 0.6) is 23.0 Å². The van der Waals surface area contributed by atoms with E-state index in [1.165, 1.54) is 11.1 Å². The van der Waals surface area contributed by atoms with Gasteiger partial charge in [0.05, 0.1) is 12.9 Å². The van der Waals surface area contributed by atoms with Crippen LogP contribution < -0.4 is 25.8 Å². The van der Waals surface area contributed by atoms with Gasteiger partial charge in [0.2, 0.25) is 0 Å². The van der Waals surface area contributed by atoms with E-state index in [0.29, 0.717) is 44.0 Å². The smallest absolute Gasteiger partial charge is 0.264 e. The fraction of sp³-hybridized carbons (Fsp3) is 0.593. The van der Waals surface area contributed by atoms with E-state index in [-0.39, 0.29) is 65.3 Å². The fourth-order valence-electron chi connectivity index (χ4n) is 8.54. The molecule has 2 aliphatic carbocycles. The molecule has 0 saturated heterocycles. The summed E-state index contributed by atoms with van der Waals surface area (Å²) in [5.74, 6) is 2.08. The van der Waals surface area contributed by atoms with E-state index < -0.39 is 10.1 Å². The standard InChI is InChI=1S/C26H39NO5S2.C25H37NO3S.C3H9NO/c1-6-7-8-10-20-16-23(28)25(22-15-19(4)11-12-21(22)18(2)3)24(17-20)32-26(33)27-13-9-14-31-34(5,29)30;1-5-6-7-9-19-15-22(28)24(21-14-18(4)10-11-20(21)17(2)3)23(16-19)29-25(30)26-12-8-13-27;4-2-1-3-5/h15-17,21-22,28H,2,6-14H2,1,3-5H3,(H,27,33);14-16,20-21,27-28H,2,5-13H2,1,3-4H3,(H,26,30);5H,1-4H2/t21-,22+;20-,21+;/m00./s1. The number of phenols is 2. The largest absolute Gasteiger partial charge is 0.507 e. The van der Waals surface area contributed by atoms with Crippen molar-refractivity contribution in [1.82, 2.24) is 10.6 Å². The van der Waals surface area contributed by atoms with Gasteiger partial charge in [-0.1, -0.05) is 87.1 Å². The maximum absolute atomic E-state index is 11.1.